The molecule has 0 aromatic heterocycles. The van der Waals surface area contributed by atoms with Crippen LogP contribution in [-0.4, -0.2) is 25.4 Å². The molecule has 2 fully saturated rings. The van der Waals surface area contributed by atoms with E-state index in [1.54, 1.807) is 0 Å². The van der Waals surface area contributed by atoms with Crippen molar-refractivity contribution in [2.45, 2.75) is 18.1 Å². The Balaban J connectivity index is 0.00000200. The molecule has 2 unspecified atom stereocenters. The summed E-state index contributed by atoms with van der Waals surface area (Å²) in [5.74, 6) is -0.560. The van der Waals surface area contributed by atoms with Crippen molar-refractivity contribution in [1.29, 1.82) is 0 Å². The fourth-order valence-electron chi connectivity index (χ4n) is 2.08. The summed E-state index contributed by atoms with van der Waals surface area (Å²) in [7, 11) is 0. The Kier molecular flexibility index (Phi) is 7.55. The van der Waals surface area contributed by atoms with Gasteiger partial charge >= 0.3 is 127 Å². The first-order valence-electron chi connectivity index (χ1n) is 5.71. The normalized spacial score (nSPS) is 28.8. The average Bonchev–Trinajstić information content (AvgIpc) is 2.55. The van der Waals surface area contributed by atoms with Crippen LogP contribution in [0.5, 0.6) is 0 Å². The molecule has 2 atom stereocenters. The number of aliphatic hydroxyl groups excluding tert-OH is 1. The molecule has 1 heterocycles. The summed E-state index contributed by atoms with van der Waals surface area (Å²) < 4.78 is 1.05. The van der Waals surface area contributed by atoms with E-state index in [0.717, 1.165) is 27.7 Å². The Morgan fingerprint density at radius 2 is 2.25 bits per heavy atom. The van der Waals surface area contributed by atoms with Gasteiger partial charge in [0, 0.05) is 32.7 Å². The van der Waals surface area contributed by atoms with Crippen LogP contribution < -0.4 is 5.32 Å². The molecule has 1 saturated carbocycles. The van der Waals surface area contributed by atoms with Gasteiger partial charge in [-0.15, -0.1) is 0 Å². The standard InChI is InChI=1S/C13H12NO3S.W.Y/c1-8(15)6-9-4-2-3-5-10(7-9)11-12(16)14-13(17)18-11;;/h1-2,5-6,10-11,15H,3-4H2,(H,14,16,17);;/q-3;;/b9-6-;;. The zero-order valence-electron chi connectivity index (χ0n) is 10.5. The van der Waals surface area contributed by atoms with Crippen molar-refractivity contribution in [2.75, 3.05) is 0 Å². The minimum absolute atomic E-state index is 0. The van der Waals surface area contributed by atoms with Gasteiger partial charge in [-0.25, -0.2) is 0 Å². The Morgan fingerprint density at radius 3 is 2.80 bits per heavy atom. The number of carbonyl (C=O) groups excluding carboxylic acids is 2. The summed E-state index contributed by atoms with van der Waals surface area (Å²) in [6.45, 7) is 5.31. The van der Waals surface area contributed by atoms with Gasteiger partial charge < -0.3 is 0 Å². The van der Waals surface area contributed by atoms with Gasteiger partial charge in [0.15, 0.2) is 0 Å². The van der Waals surface area contributed by atoms with E-state index < -0.39 is 5.25 Å². The third kappa shape index (κ3) is 4.46. The predicted octanol–water partition coefficient (Wildman–Crippen LogP) is 1.67. The first-order chi connectivity index (χ1) is 8.99. The van der Waals surface area contributed by atoms with Gasteiger partial charge in [0.05, 0.1) is 0 Å². The van der Waals surface area contributed by atoms with Crippen molar-refractivity contribution in [3.8, 4) is 0 Å². The van der Waals surface area contributed by atoms with Crippen molar-refractivity contribution >= 4 is 26.8 Å². The molecule has 2 aliphatic rings. The van der Waals surface area contributed by atoms with Crippen molar-refractivity contribution < 1.29 is 66.8 Å². The monoisotopic (exact) mass is 535 g/mol. The molecule has 1 radical (unpaired) electrons. The number of allylic oxidation sites excluding steroid dienone is 2. The van der Waals surface area contributed by atoms with Gasteiger partial charge in [0.1, 0.15) is 0 Å². The summed E-state index contributed by atoms with van der Waals surface area (Å²) in [6, 6.07) is 0. The number of rotatable bonds is 2. The van der Waals surface area contributed by atoms with Crippen LogP contribution in [0, 0.1) is 25.3 Å². The molecule has 0 spiro atoms. The maximum absolute atomic E-state index is 11.8. The number of amides is 2. The molecule has 1 aliphatic heterocycles. The summed E-state index contributed by atoms with van der Waals surface area (Å²) in [4.78, 5) is 23.1. The maximum Gasteiger partial charge on any atom is 0 e. The maximum atomic E-state index is 11.8. The summed E-state index contributed by atoms with van der Waals surface area (Å²) in [6.07, 6.45) is 7.12. The van der Waals surface area contributed by atoms with E-state index in [9.17, 15) is 14.7 Å². The zero-order chi connectivity index (χ0) is 14.0. The molecule has 2 rings (SSSR count). The van der Waals surface area contributed by atoms with Crippen LogP contribution >= 0.6 is 11.8 Å². The van der Waals surface area contributed by atoms with Crippen molar-refractivity contribution in [1.82, 2.24) is 5.32 Å². The van der Waals surface area contributed by atoms with Crippen LogP contribution in [0.25, 0.3) is 0 Å². The van der Waals surface area contributed by atoms with Crippen LogP contribution in [0.1, 0.15) is 12.8 Å². The Hall–Kier alpha value is 0.432. The Labute approximate surface area is 158 Å². The summed E-state index contributed by atoms with van der Waals surface area (Å²) in [5, 5.41) is 10.8. The third-order valence-electron chi connectivity index (χ3n) is 2.91. The molecular weight excluding hydrogens is 523 g/mol. The first kappa shape index (κ1) is 18.5. The molecule has 0 bridgehead atoms. The summed E-state index contributed by atoms with van der Waals surface area (Å²) in [5.41, 5.74) is 0.932. The van der Waals surface area contributed by atoms with Crippen LogP contribution in [0.4, 0.5) is 4.79 Å². The van der Waals surface area contributed by atoms with E-state index in [1.165, 1.54) is 25.4 Å². The minimum Gasteiger partial charge on any atom is 0 e. The smallest absolute Gasteiger partial charge is 0 e. The van der Waals surface area contributed by atoms with Crippen molar-refractivity contribution in [3.63, 3.8) is 0 Å². The van der Waals surface area contributed by atoms with Gasteiger partial charge in [-0.3, -0.25) is 0 Å². The largest absolute Gasteiger partial charge is 0 e. The summed E-state index contributed by atoms with van der Waals surface area (Å²) >= 11 is 2.25. The molecule has 7 heteroatoms. The fraction of sp³-hybridized carbons (Fsp3) is 0.308. The second kappa shape index (κ2) is 8.17. The van der Waals surface area contributed by atoms with Gasteiger partial charge in [0.2, 0.25) is 0 Å². The molecule has 2 amide bonds. The molecule has 20 heavy (non-hydrogen) atoms. The number of aliphatic hydroxyl groups is 1. The quantitative estimate of drug-likeness (QED) is 0.321. The number of carbonyl (C=O) groups is 2. The molecule has 2 N–H and O–H groups in total. The van der Waals surface area contributed by atoms with Gasteiger partial charge in [0.25, 0.3) is 0 Å². The zero-order valence-corrected chi connectivity index (χ0v) is 17.1. The van der Waals surface area contributed by atoms with Crippen LogP contribution in [-0.2, 0) is 56.9 Å². The van der Waals surface area contributed by atoms with E-state index in [-0.39, 0.29) is 55.5 Å². The molecule has 105 valence electrons. The van der Waals surface area contributed by atoms with E-state index >= 15 is 0 Å². The van der Waals surface area contributed by atoms with Gasteiger partial charge in [-0.05, 0) is 0 Å². The van der Waals surface area contributed by atoms with E-state index in [1.807, 2.05) is 6.42 Å². The minimum atomic E-state index is -0.408. The average molecular weight is 535 g/mol. The van der Waals surface area contributed by atoms with E-state index in [2.05, 4.69) is 11.7 Å². The third-order valence-corrected chi connectivity index (χ3v) is 5.90. The molecule has 4 nitrogen and oxygen atoms in total. The van der Waals surface area contributed by atoms with Crippen molar-refractivity contribution in [3.05, 3.63) is 36.8 Å². The van der Waals surface area contributed by atoms with Crippen LogP contribution in [0.3, 0.4) is 0 Å². The Morgan fingerprint density at radius 1 is 1.55 bits per heavy atom. The van der Waals surface area contributed by atoms with Crippen LogP contribution in [0.2, 0.25) is 0 Å². The number of thioether (sulfide) groups is 1. The number of hydrogen-bond donors (Lipinski definition) is 2. The SMILES string of the molecule is [CH-]=C(O)/C=C1/C[CH-]C[CH-]C(C2SC(=O)NC2=O)[C]1=[W].[Y]. The second-order valence-corrected chi connectivity index (χ2v) is 6.96. The van der Waals surface area contributed by atoms with Crippen molar-refractivity contribution in [2.24, 2.45) is 5.92 Å². The second-order valence-electron chi connectivity index (χ2n) is 4.26. The van der Waals surface area contributed by atoms with Crippen LogP contribution in [0.15, 0.2) is 17.4 Å². The molecule has 1 saturated heterocycles. The molecular formula is C13H12NO3SWY-3. The number of hydrogen-bond acceptors (Lipinski definition) is 4. The predicted molar refractivity (Wildman–Crippen MR) is 69.8 cm³/mol. The molecule has 1 aliphatic carbocycles. The molecule has 0 aromatic carbocycles. The Bertz CT molecular complexity index is 492. The fourth-order valence-corrected chi connectivity index (χ4v) is 4.72. The van der Waals surface area contributed by atoms with Gasteiger partial charge in [-0.2, -0.15) is 0 Å². The van der Waals surface area contributed by atoms with E-state index in [4.69, 9.17) is 6.58 Å². The van der Waals surface area contributed by atoms with Gasteiger partial charge in [-0.1, -0.05) is 0 Å². The topological polar surface area (TPSA) is 66.4 Å². The number of imide groups is 1. The molecule has 0 aromatic rings. The van der Waals surface area contributed by atoms with E-state index in [0.29, 0.717) is 6.42 Å². The first-order valence-corrected chi connectivity index (χ1v) is 8.06. The number of nitrogens with one attached hydrogen (secondary N) is 1.